The molecular weight excluding hydrogens is 428 g/mol. The first-order valence-corrected chi connectivity index (χ1v) is 12.2. The number of benzene rings is 2. The molecule has 0 aliphatic rings. The number of sulfone groups is 1. The van der Waals surface area contributed by atoms with Gasteiger partial charge in [0, 0.05) is 25.7 Å². The van der Waals surface area contributed by atoms with E-state index in [1.54, 1.807) is 29.1 Å². The van der Waals surface area contributed by atoms with Crippen molar-refractivity contribution in [1.29, 1.82) is 0 Å². The Bertz CT molecular complexity index is 1230. The highest BCUT2D eigenvalue weighted by atomic mass is 32.2. The number of nitrogens with zero attached hydrogens (tertiary/aromatic N) is 2. The Morgan fingerprint density at radius 3 is 2.50 bits per heavy atom. The molecule has 2 N–H and O–H groups in total. The minimum atomic E-state index is -3.64. The van der Waals surface area contributed by atoms with Gasteiger partial charge < -0.3 is 10.6 Å². The number of carbonyl (C=O) groups is 2. The molecule has 3 aromatic rings. The predicted molar refractivity (Wildman–Crippen MR) is 124 cm³/mol. The lowest BCUT2D eigenvalue weighted by Gasteiger charge is -2.09. The molecule has 0 aliphatic heterocycles. The second kappa shape index (κ2) is 9.95. The van der Waals surface area contributed by atoms with E-state index in [4.69, 9.17) is 0 Å². The third kappa shape index (κ3) is 5.73. The molecule has 0 saturated carbocycles. The Balaban J connectivity index is 1.68. The lowest BCUT2D eigenvalue weighted by atomic mass is 10.1. The van der Waals surface area contributed by atoms with Crippen LogP contribution in [-0.4, -0.2) is 42.3 Å². The molecular formula is C23H28N4O4S. The van der Waals surface area contributed by atoms with Crippen LogP contribution in [0.15, 0.2) is 53.6 Å². The van der Waals surface area contributed by atoms with E-state index in [0.717, 1.165) is 10.8 Å². The SMILES string of the molecule is CCn1cc(NC(=O)CCS(=O)(=O)c2ccc3ccccc3c2)c(C(=O)NCC(C)C)n1. The second-order valence-corrected chi connectivity index (χ2v) is 10.1. The standard InChI is InChI=1S/C23H28N4O4S/c1-4-27-15-20(22(26-27)23(29)24-14-16(2)3)25-21(28)11-12-32(30,31)19-10-9-17-7-5-6-8-18(17)13-19/h5-10,13,15-16H,4,11-12,14H2,1-3H3,(H,24,29)(H,25,28). The number of rotatable bonds is 9. The maximum absolute atomic E-state index is 12.7. The van der Waals surface area contributed by atoms with Crippen LogP contribution in [0.4, 0.5) is 5.69 Å². The minimum Gasteiger partial charge on any atom is -0.350 e. The van der Waals surface area contributed by atoms with Gasteiger partial charge in [-0.2, -0.15) is 5.10 Å². The highest BCUT2D eigenvalue weighted by Crippen LogP contribution is 2.21. The Labute approximate surface area is 187 Å². The highest BCUT2D eigenvalue weighted by molar-refractivity contribution is 7.91. The van der Waals surface area contributed by atoms with Crippen molar-refractivity contribution in [2.75, 3.05) is 17.6 Å². The van der Waals surface area contributed by atoms with Crippen molar-refractivity contribution in [2.45, 2.75) is 38.6 Å². The average Bonchev–Trinajstić information content (AvgIpc) is 3.18. The van der Waals surface area contributed by atoms with E-state index in [1.165, 1.54) is 0 Å². The summed E-state index contributed by atoms with van der Waals surface area (Å²) in [6.45, 7) is 6.82. The molecule has 0 radical (unpaired) electrons. The summed E-state index contributed by atoms with van der Waals surface area (Å²) in [5.41, 5.74) is 0.374. The highest BCUT2D eigenvalue weighted by Gasteiger charge is 2.21. The maximum Gasteiger partial charge on any atom is 0.273 e. The average molecular weight is 457 g/mol. The van der Waals surface area contributed by atoms with Gasteiger partial charge in [-0.25, -0.2) is 8.42 Å². The van der Waals surface area contributed by atoms with Crippen molar-refractivity contribution in [3.05, 3.63) is 54.4 Å². The fraction of sp³-hybridized carbons (Fsp3) is 0.348. The van der Waals surface area contributed by atoms with Crippen molar-refractivity contribution >= 4 is 38.1 Å². The number of nitrogens with one attached hydrogen (secondary N) is 2. The largest absolute Gasteiger partial charge is 0.350 e. The minimum absolute atomic E-state index is 0.109. The molecule has 2 amide bonds. The zero-order valence-corrected chi connectivity index (χ0v) is 19.3. The van der Waals surface area contributed by atoms with E-state index in [9.17, 15) is 18.0 Å². The molecule has 0 aliphatic carbocycles. The first kappa shape index (κ1) is 23.5. The molecule has 1 heterocycles. The summed E-state index contributed by atoms with van der Waals surface area (Å²) in [4.78, 5) is 25.1. The normalized spacial score (nSPS) is 11.6. The molecule has 9 heteroatoms. The number of fused-ring (bicyclic) bond motifs is 1. The molecule has 0 fully saturated rings. The molecule has 8 nitrogen and oxygen atoms in total. The lowest BCUT2D eigenvalue weighted by Crippen LogP contribution is -2.29. The Morgan fingerprint density at radius 2 is 1.81 bits per heavy atom. The number of anilines is 1. The first-order valence-electron chi connectivity index (χ1n) is 10.6. The van der Waals surface area contributed by atoms with Gasteiger partial charge in [-0.3, -0.25) is 14.3 Å². The van der Waals surface area contributed by atoms with Crippen molar-refractivity contribution in [1.82, 2.24) is 15.1 Å². The second-order valence-electron chi connectivity index (χ2n) is 7.98. The fourth-order valence-electron chi connectivity index (χ4n) is 3.14. The van der Waals surface area contributed by atoms with Crippen molar-refractivity contribution in [2.24, 2.45) is 5.92 Å². The van der Waals surface area contributed by atoms with Crippen LogP contribution in [0.25, 0.3) is 10.8 Å². The van der Waals surface area contributed by atoms with Crippen LogP contribution in [0.3, 0.4) is 0 Å². The van der Waals surface area contributed by atoms with Crippen LogP contribution in [0, 0.1) is 5.92 Å². The fourth-order valence-corrected chi connectivity index (χ4v) is 4.41. The van der Waals surface area contributed by atoms with Gasteiger partial charge >= 0.3 is 0 Å². The topological polar surface area (TPSA) is 110 Å². The van der Waals surface area contributed by atoms with Crippen LogP contribution in [0.1, 0.15) is 37.7 Å². The van der Waals surface area contributed by atoms with Crippen molar-refractivity contribution < 1.29 is 18.0 Å². The molecule has 0 saturated heterocycles. The number of aromatic nitrogens is 2. The van der Waals surface area contributed by atoms with Gasteiger partial charge in [-0.15, -0.1) is 0 Å². The molecule has 0 bridgehead atoms. The Kier molecular flexibility index (Phi) is 7.29. The number of hydrogen-bond acceptors (Lipinski definition) is 5. The number of carbonyl (C=O) groups excluding carboxylic acids is 2. The Morgan fingerprint density at radius 1 is 1.09 bits per heavy atom. The van der Waals surface area contributed by atoms with Gasteiger partial charge in [0.1, 0.15) is 0 Å². The summed E-state index contributed by atoms with van der Waals surface area (Å²) in [7, 11) is -3.64. The summed E-state index contributed by atoms with van der Waals surface area (Å²) < 4.78 is 27.0. The van der Waals surface area contributed by atoms with E-state index in [-0.39, 0.29) is 40.3 Å². The quantitative estimate of drug-likeness (QED) is 0.514. The third-order valence-electron chi connectivity index (χ3n) is 4.92. The van der Waals surface area contributed by atoms with Crippen molar-refractivity contribution in [3.8, 4) is 0 Å². The summed E-state index contributed by atoms with van der Waals surface area (Å²) in [5, 5.41) is 11.4. The van der Waals surface area contributed by atoms with Gasteiger partial charge in [0.2, 0.25) is 5.91 Å². The van der Waals surface area contributed by atoms with Gasteiger partial charge in [-0.1, -0.05) is 44.2 Å². The van der Waals surface area contributed by atoms with Crippen LogP contribution in [0.5, 0.6) is 0 Å². The molecule has 0 spiro atoms. The first-order chi connectivity index (χ1) is 15.2. The van der Waals surface area contributed by atoms with Gasteiger partial charge in [-0.05, 0) is 35.7 Å². The molecule has 32 heavy (non-hydrogen) atoms. The zero-order chi connectivity index (χ0) is 23.3. The molecule has 170 valence electrons. The molecule has 3 rings (SSSR count). The summed E-state index contributed by atoms with van der Waals surface area (Å²) in [6, 6.07) is 12.4. The monoisotopic (exact) mass is 456 g/mol. The van der Waals surface area contributed by atoms with Crippen LogP contribution in [-0.2, 0) is 21.2 Å². The number of amides is 2. The van der Waals surface area contributed by atoms with E-state index < -0.39 is 15.7 Å². The molecule has 0 unspecified atom stereocenters. The van der Waals surface area contributed by atoms with E-state index in [1.807, 2.05) is 45.0 Å². The summed E-state index contributed by atoms with van der Waals surface area (Å²) >= 11 is 0. The third-order valence-corrected chi connectivity index (χ3v) is 6.64. The summed E-state index contributed by atoms with van der Waals surface area (Å²) in [6.07, 6.45) is 1.33. The molecule has 2 aromatic carbocycles. The molecule has 0 atom stereocenters. The number of aryl methyl sites for hydroxylation is 1. The molecule has 1 aromatic heterocycles. The van der Waals surface area contributed by atoms with Crippen LogP contribution in [0.2, 0.25) is 0 Å². The van der Waals surface area contributed by atoms with Gasteiger partial charge in [0.25, 0.3) is 5.91 Å². The van der Waals surface area contributed by atoms with E-state index >= 15 is 0 Å². The maximum atomic E-state index is 12.7. The van der Waals surface area contributed by atoms with Crippen LogP contribution < -0.4 is 10.6 Å². The number of hydrogen-bond donors (Lipinski definition) is 2. The van der Waals surface area contributed by atoms with Crippen molar-refractivity contribution in [3.63, 3.8) is 0 Å². The smallest absolute Gasteiger partial charge is 0.273 e. The van der Waals surface area contributed by atoms with E-state index in [0.29, 0.717) is 13.1 Å². The lowest BCUT2D eigenvalue weighted by molar-refractivity contribution is -0.115. The predicted octanol–water partition coefficient (Wildman–Crippen LogP) is 3.24. The Hall–Kier alpha value is -3.20. The van der Waals surface area contributed by atoms with Gasteiger partial charge in [0.05, 0.1) is 16.3 Å². The van der Waals surface area contributed by atoms with Crippen LogP contribution >= 0.6 is 0 Å². The van der Waals surface area contributed by atoms with E-state index in [2.05, 4.69) is 15.7 Å². The van der Waals surface area contributed by atoms with Gasteiger partial charge in [0.15, 0.2) is 15.5 Å². The summed E-state index contributed by atoms with van der Waals surface area (Å²) in [5.74, 6) is -0.952. The zero-order valence-electron chi connectivity index (χ0n) is 18.5.